The molecule has 0 aromatic carbocycles. The largest absolute Gasteiger partial charge is 0.383 e. The number of nitrogen functional groups attached to an aromatic ring is 1. The molecule has 0 saturated carbocycles. The van der Waals surface area contributed by atoms with Crippen LogP contribution in [0.15, 0.2) is 16.7 Å². The summed E-state index contributed by atoms with van der Waals surface area (Å²) in [6.07, 6.45) is 2.08. The van der Waals surface area contributed by atoms with Gasteiger partial charge in [0.1, 0.15) is 5.82 Å². The van der Waals surface area contributed by atoms with Crippen LogP contribution in [-0.2, 0) is 6.32 Å². The van der Waals surface area contributed by atoms with Gasteiger partial charge in [-0.3, -0.25) is 0 Å². The Morgan fingerprint density at radius 1 is 1.70 bits per heavy atom. The normalized spacial score (nSPS) is 9.70. The zero-order chi connectivity index (χ0) is 7.56. The highest BCUT2D eigenvalue weighted by Gasteiger charge is 1.96. The van der Waals surface area contributed by atoms with E-state index in [1.807, 2.05) is 6.07 Å². The van der Waals surface area contributed by atoms with Gasteiger partial charge >= 0.3 is 0 Å². The maximum Gasteiger partial charge on any atom is 0.125 e. The molecule has 1 aromatic heterocycles. The Morgan fingerprint density at radius 2 is 2.40 bits per heavy atom. The van der Waals surface area contributed by atoms with Crippen LogP contribution in [0.25, 0.3) is 0 Å². The van der Waals surface area contributed by atoms with Crippen LogP contribution in [0.3, 0.4) is 0 Å². The molecule has 0 aliphatic carbocycles. The highest BCUT2D eigenvalue weighted by atomic mass is 79.9. The Labute approximate surface area is 69.4 Å². The quantitative estimate of drug-likeness (QED) is 0.684. The molecule has 0 aliphatic heterocycles. The minimum absolute atomic E-state index is 0.429. The number of aromatic nitrogens is 1. The number of halogens is 1. The molecule has 0 atom stereocenters. The number of pyridine rings is 1. The van der Waals surface area contributed by atoms with E-state index in [0.29, 0.717) is 12.1 Å². The Balaban J connectivity index is 3.09. The fraction of sp³-hybridized carbons (Fsp3) is 0.167. The summed E-state index contributed by atoms with van der Waals surface area (Å²) < 4.78 is 0.905. The Bertz CT molecular complexity index is 239. The number of nitrogens with zero attached hydrogens (tertiary/aromatic N) is 1. The predicted molar refractivity (Wildman–Crippen MR) is 45.8 cm³/mol. The van der Waals surface area contributed by atoms with Crippen molar-refractivity contribution in [3.8, 4) is 0 Å². The van der Waals surface area contributed by atoms with Crippen molar-refractivity contribution < 1.29 is 0 Å². The van der Waals surface area contributed by atoms with E-state index >= 15 is 0 Å². The van der Waals surface area contributed by atoms with Crippen LogP contribution in [0.1, 0.15) is 5.56 Å². The van der Waals surface area contributed by atoms with Crippen molar-refractivity contribution in [2.24, 2.45) is 0 Å². The molecule has 2 nitrogen and oxygen atoms in total. The molecule has 10 heavy (non-hydrogen) atoms. The van der Waals surface area contributed by atoms with E-state index in [0.717, 1.165) is 10.0 Å². The third kappa shape index (κ3) is 1.50. The maximum atomic E-state index is 5.49. The predicted octanol–water partition coefficient (Wildman–Crippen LogP) is 1.09. The average molecular weight is 197 g/mol. The molecule has 0 spiro atoms. The first-order chi connectivity index (χ1) is 4.74. The summed E-state index contributed by atoms with van der Waals surface area (Å²) in [4.78, 5) is 3.90. The lowest BCUT2D eigenvalue weighted by Gasteiger charge is -2.00. The smallest absolute Gasteiger partial charge is 0.125 e. The molecule has 0 amide bonds. The van der Waals surface area contributed by atoms with E-state index in [2.05, 4.69) is 20.9 Å². The molecule has 1 rings (SSSR count). The Kier molecular flexibility index (Phi) is 2.32. The van der Waals surface area contributed by atoms with E-state index in [1.165, 1.54) is 0 Å². The van der Waals surface area contributed by atoms with Gasteiger partial charge in [-0.05, 0) is 27.6 Å². The molecule has 0 saturated heterocycles. The van der Waals surface area contributed by atoms with Gasteiger partial charge in [0.2, 0.25) is 0 Å². The fourth-order valence-corrected chi connectivity index (χ4v) is 1.03. The molecule has 4 heteroatoms. The molecule has 1 heterocycles. The summed E-state index contributed by atoms with van der Waals surface area (Å²) in [6.45, 7) is 0. The topological polar surface area (TPSA) is 38.9 Å². The number of nitrogens with two attached hydrogens (primary N) is 1. The molecule has 0 aliphatic rings. The van der Waals surface area contributed by atoms with E-state index in [9.17, 15) is 0 Å². The van der Waals surface area contributed by atoms with Crippen LogP contribution in [0, 0.1) is 0 Å². The van der Waals surface area contributed by atoms with Gasteiger partial charge in [-0.25, -0.2) is 4.98 Å². The monoisotopic (exact) mass is 196 g/mol. The second-order valence-corrected chi connectivity index (χ2v) is 2.82. The molecule has 2 radical (unpaired) electrons. The summed E-state index contributed by atoms with van der Waals surface area (Å²) in [5.41, 5.74) is 6.36. The molecular formula is C6H6BBrN2. The van der Waals surface area contributed by atoms with Crippen molar-refractivity contribution in [1.82, 2.24) is 4.98 Å². The lowest BCUT2D eigenvalue weighted by Crippen LogP contribution is -1.96. The SMILES string of the molecule is [B]Cc1cc(Br)cnc1N. The van der Waals surface area contributed by atoms with Gasteiger partial charge in [-0.15, -0.1) is 0 Å². The van der Waals surface area contributed by atoms with Gasteiger partial charge in [-0.2, -0.15) is 0 Å². The first kappa shape index (κ1) is 7.60. The summed E-state index contributed by atoms with van der Waals surface area (Å²) in [5, 5.41) is 0. The van der Waals surface area contributed by atoms with E-state index in [-0.39, 0.29) is 0 Å². The summed E-state index contributed by atoms with van der Waals surface area (Å²) in [6, 6.07) is 1.86. The van der Waals surface area contributed by atoms with E-state index in [4.69, 9.17) is 13.6 Å². The minimum Gasteiger partial charge on any atom is -0.383 e. The fourth-order valence-electron chi connectivity index (χ4n) is 0.655. The minimum atomic E-state index is 0.429. The third-order valence-electron chi connectivity index (χ3n) is 1.19. The highest BCUT2D eigenvalue weighted by Crippen LogP contribution is 2.14. The van der Waals surface area contributed by atoms with Crippen LogP contribution in [0.4, 0.5) is 5.82 Å². The Hall–Kier alpha value is -0.505. The summed E-state index contributed by atoms with van der Waals surface area (Å²) in [5.74, 6) is 0.505. The lowest BCUT2D eigenvalue weighted by molar-refractivity contribution is 1.24. The first-order valence-electron chi connectivity index (χ1n) is 2.84. The second kappa shape index (κ2) is 3.06. The number of hydrogen-bond donors (Lipinski definition) is 1. The van der Waals surface area contributed by atoms with Crippen LogP contribution >= 0.6 is 15.9 Å². The van der Waals surface area contributed by atoms with Gasteiger partial charge in [0.25, 0.3) is 0 Å². The third-order valence-corrected chi connectivity index (χ3v) is 1.62. The van der Waals surface area contributed by atoms with Crippen molar-refractivity contribution >= 4 is 29.6 Å². The molecule has 1 aromatic rings. The van der Waals surface area contributed by atoms with Gasteiger partial charge in [0.05, 0.1) is 7.85 Å². The van der Waals surface area contributed by atoms with Crippen LogP contribution in [0.2, 0.25) is 0 Å². The number of hydrogen-bond acceptors (Lipinski definition) is 2. The van der Waals surface area contributed by atoms with Gasteiger partial charge < -0.3 is 5.73 Å². The standard InChI is InChI=1S/C6H6BBrN2/c7-2-4-1-5(8)3-10-6(4)9/h1,3H,2H2,(H2,9,10). The van der Waals surface area contributed by atoms with Crippen molar-refractivity contribution in [2.45, 2.75) is 6.32 Å². The van der Waals surface area contributed by atoms with Gasteiger partial charge in [-0.1, -0.05) is 6.32 Å². The molecule has 0 unspecified atom stereocenters. The van der Waals surface area contributed by atoms with Crippen molar-refractivity contribution in [3.63, 3.8) is 0 Å². The van der Waals surface area contributed by atoms with Crippen molar-refractivity contribution in [1.29, 1.82) is 0 Å². The van der Waals surface area contributed by atoms with E-state index < -0.39 is 0 Å². The number of anilines is 1. The molecule has 2 N–H and O–H groups in total. The number of rotatable bonds is 1. The molecule has 0 bridgehead atoms. The molecule has 0 fully saturated rings. The zero-order valence-corrected chi connectivity index (χ0v) is 6.93. The van der Waals surface area contributed by atoms with Crippen molar-refractivity contribution in [3.05, 3.63) is 22.3 Å². The van der Waals surface area contributed by atoms with Crippen LogP contribution in [-0.4, -0.2) is 12.8 Å². The van der Waals surface area contributed by atoms with Crippen LogP contribution < -0.4 is 5.73 Å². The van der Waals surface area contributed by atoms with E-state index in [1.54, 1.807) is 6.20 Å². The molecule has 50 valence electrons. The maximum absolute atomic E-state index is 5.49. The zero-order valence-electron chi connectivity index (χ0n) is 5.34. The average Bonchev–Trinajstić information content (AvgIpc) is 1.94. The second-order valence-electron chi connectivity index (χ2n) is 1.90. The van der Waals surface area contributed by atoms with Gasteiger partial charge in [0, 0.05) is 10.7 Å². The first-order valence-corrected chi connectivity index (χ1v) is 3.63. The van der Waals surface area contributed by atoms with Crippen LogP contribution in [0.5, 0.6) is 0 Å². The summed E-state index contributed by atoms with van der Waals surface area (Å²) in [7, 11) is 5.38. The highest BCUT2D eigenvalue weighted by molar-refractivity contribution is 9.10. The molecular weight excluding hydrogens is 191 g/mol. The lowest BCUT2D eigenvalue weighted by atomic mass is 9.98. The summed E-state index contributed by atoms with van der Waals surface area (Å²) >= 11 is 3.26. The van der Waals surface area contributed by atoms with Gasteiger partial charge in [0.15, 0.2) is 0 Å². The van der Waals surface area contributed by atoms with Crippen molar-refractivity contribution in [2.75, 3.05) is 5.73 Å². The Morgan fingerprint density at radius 3 is 2.90 bits per heavy atom.